The largest absolute Gasteiger partial charge is 0.444 e. The molecule has 1 aliphatic carbocycles. The smallest absolute Gasteiger partial charge is 0.410 e. The van der Waals surface area contributed by atoms with Crippen molar-refractivity contribution < 1.29 is 9.53 Å². The maximum absolute atomic E-state index is 13.1. The second kappa shape index (κ2) is 5.84. The summed E-state index contributed by atoms with van der Waals surface area (Å²) < 4.78 is 6.82. The fourth-order valence-electron chi connectivity index (χ4n) is 4.51. The third-order valence-corrected chi connectivity index (χ3v) is 5.84. The highest BCUT2D eigenvalue weighted by atomic mass is 16.6. The van der Waals surface area contributed by atoms with Gasteiger partial charge in [-0.2, -0.15) is 4.52 Å². The van der Waals surface area contributed by atoms with E-state index >= 15 is 0 Å². The summed E-state index contributed by atoms with van der Waals surface area (Å²) in [7, 11) is 5.69. The van der Waals surface area contributed by atoms with Crippen LogP contribution in [0.2, 0.25) is 0 Å². The lowest BCUT2D eigenvalue weighted by Crippen LogP contribution is -2.49. The molecule has 2 radical (unpaired) electrons. The van der Waals surface area contributed by atoms with Crippen LogP contribution >= 0.6 is 0 Å². The molecule has 1 saturated heterocycles. The lowest BCUT2D eigenvalue weighted by molar-refractivity contribution is 0.0138. The number of aromatic amines is 1. The molecule has 0 aromatic carbocycles. The molecule has 2 aromatic heterocycles. The van der Waals surface area contributed by atoms with E-state index in [1.807, 2.05) is 20.8 Å². The number of nitrogens with one attached hydrogen (secondary N) is 1. The average molecular weight is 369 g/mol. The van der Waals surface area contributed by atoms with Gasteiger partial charge in [-0.1, -0.05) is 6.92 Å². The van der Waals surface area contributed by atoms with Crippen molar-refractivity contribution in [2.24, 2.45) is 5.92 Å². The zero-order valence-corrected chi connectivity index (χ0v) is 16.2. The number of carbonyl (C=O) groups is 1. The van der Waals surface area contributed by atoms with E-state index in [1.165, 1.54) is 4.52 Å². The fraction of sp³-hybridized carbons (Fsp3) is 0.667. The van der Waals surface area contributed by atoms with Gasteiger partial charge in [0.15, 0.2) is 7.85 Å². The summed E-state index contributed by atoms with van der Waals surface area (Å²) in [5.41, 5.74) is 0.803. The SMILES string of the molecule is [B]c1nc2nc3c(c(=O)n2[nH]1)C1(CCN(C(=O)OC(C)(C)C)CC1)C(C)C3. The molecule has 1 amide bonds. The van der Waals surface area contributed by atoms with Gasteiger partial charge in [-0.05, 0) is 46.0 Å². The highest BCUT2D eigenvalue weighted by Crippen LogP contribution is 2.48. The molecular formula is C18H24BN5O3. The van der Waals surface area contributed by atoms with Crippen LogP contribution in [0.4, 0.5) is 4.79 Å². The van der Waals surface area contributed by atoms with Gasteiger partial charge in [0, 0.05) is 24.1 Å². The van der Waals surface area contributed by atoms with Gasteiger partial charge in [-0.25, -0.2) is 14.8 Å². The first kappa shape index (κ1) is 18.1. The Morgan fingerprint density at radius 1 is 1.30 bits per heavy atom. The molecule has 2 aromatic rings. The summed E-state index contributed by atoms with van der Waals surface area (Å²) in [5.74, 6) is 0.588. The van der Waals surface area contributed by atoms with E-state index in [0.29, 0.717) is 31.7 Å². The highest BCUT2D eigenvalue weighted by Gasteiger charge is 2.50. The Morgan fingerprint density at radius 3 is 2.59 bits per heavy atom. The second-order valence-electron chi connectivity index (χ2n) is 8.71. The molecule has 142 valence electrons. The van der Waals surface area contributed by atoms with Crippen molar-refractivity contribution >= 4 is 25.4 Å². The Bertz CT molecular complexity index is 966. The molecule has 0 bridgehead atoms. The summed E-state index contributed by atoms with van der Waals surface area (Å²) in [6.45, 7) is 8.86. The standard InChI is InChI=1S/C18H24BN5O3/c1-10-9-11-12(13(25)24-15(20-11)21-14(19)22-24)18(10)5-7-23(8-6-18)16(26)27-17(2,3)4/h10H,5-9H2,1-4H3,(H,20,21,22). The summed E-state index contributed by atoms with van der Waals surface area (Å²) in [6, 6.07) is 0. The molecule has 2 aliphatic rings. The number of rotatable bonds is 0. The monoisotopic (exact) mass is 369 g/mol. The molecule has 1 atom stereocenters. The molecule has 1 fully saturated rings. The third kappa shape index (κ3) is 2.83. The van der Waals surface area contributed by atoms with Crippen LogP contribution < -0.4 is 11.3 Å². The van der Waals surface area contributed by atoms with Crippen molar-refractivity contribution in [1.82, 2.24) is 24.5 Å². The van der Waals surface area contributed by atoms with Crippen LogP contribution in [0.1, 0.15) is 51.8 Å². The minimum Gasteiger partial charge on any atom is -0.444 e. The van der Waals surface area contributed by atoms with Crippen molar-refractivity contribution in [2.75, 3.05) is 13.1 Å². The van der Waals surface area contributed by atoms with E-state index in [1.54, 1.807) is 4.90 Å². The summed E-state index contributed by atoms with van der Waals surface area (Å²) in [5, 5.41) is 2.77. The predicted octanol–water partition coefficient (Wildman–Crippen LogP) is 0.672. The van der Waals surface area contributed by atoms with Gasteiger partial charge in [0.2, 0.25) is 0 Å². The Morgan fingerprint density at radius 2 is 1.96 bits per heavy atom. The van der Waals surface area contributed by atoms with Gasteiger partial charge in [-0.15, -0.1) is 0 Å². The number of hydrogen-bond donors (Lipinski definition) is 1. The fourth-order valence-corrected chi connectivity index (χ4v) is 4.51. The molecule has 3 heterocycles. The summed E-state index contributed by atoms with van der Waals surface area (Å²) in [4.78, 5) is 35.9. The molecule has 1 spiro atoms. The van der Waals surface area contributed by atoms with Crippen molar-refractivity contribution in [3.63, 3.8) is 0 Å². The molecular weight excluding hydrogens is 345 g/mol. The second-order valence-corrected chi connectivity index (χ2v) is 8.71. The molecule has 27 heavy (non-hydrogen) atoms. The highest BCUT2D eigenvalue weighted by molar-refractivity contribution is 6.29. The third-order valence-electron chi connectivity index (χ3n) is 5.84. The van der Waals surface area contributed by atoms with Gasteiger partial charge in [0.25, 0.3) is 11.3 Å². The first-order chi connectivity index (χ1) is 12.6. The molecule has 0 saturated carbocycles. The maximum Gasteiger partial charge on any atom is 0.410 e. The van der Waals surface area contributed by atoms with E-state index in [4.69, 9.17) is 12.6 Å². The van der Waals surface area contributed by atoms with Gasteiger partial charge in [0.1, 0.15) is 5.60 Å². The number of amides is 1. The Kier molecular flexibility index (Phi) is 3.91. The lowest BCUT2D eigenvalue weighted by Gasteiger charge is -2.42. The minimum absolute atomic E-state index is 0.130. The number of nitrogens with zero attached hydrogens (tertiary/aromatic N) is 4. The van der Waals surface area contributed by atoms with E-state index < -0.39 is 5.60 Å². The normalized spacial score (nSPS) is 21.6. The van der Waals surface area contributed by atoms with E-state index in [-0.39, 0.29) is 28.7 Å². The number of likely N-dealkylation sites (tertiary alicyclic amines) is 1. The van der Waals surface area contributed by atoms with Gasteiger partial charge in [0.05, 0.1) is 11.4 Å². The van der Waals surface area contributed by atoms with Crippen LogP contribution in [-0.2, 0) is 16.6 Å². The van der Waals surface area contributed by atoms with Crippen molar-refractivity contribution in [1.29, 1.82) is 0 Å². The molecule has 9 heteroatoms. The summed E-state index contributed by atoms with van der Waals surface area (Å²) >= 11 is 0. The quantitative estimate of drug-likeness (QED) is 0.690. The number of H-pyrrole nitrogens is 1. The van der Waals surface area contributed by atoms with Crippen molar-refractivity contribution in [3.8, 4) is 0 Å². The van der Waals surface area contributed by atoms with Crippen LogP contribution in [0.5, 0.6) is 0 Å². The first-order valence-corrected chi connectivity index (χ1v) is 9.36. The maximum atomic E-state index is 13.1. The van der Waals surface area contributed by atoms with Crippen LogP contribution in [0.25, 0.3) is 5.78 Å². The van der Waals surface area contributed by atoms with Gasteiger partial charge in [-0.3, -0.25) is 9.89 Å². The molecule has 4 rings (SSSR count). The van der Waals surface area contributed by atoms with Gasteiger partial charge < -0.3 is 9.64 Å². The van der Waals surface area contributed by atoms with Crippen LogP contribution in [0, 0.1) is 5.92 Å². The Balaban J connectivity index is 1.66. The molecule has 1 unspecified atom stereocenters. The average Bonchev–Trinajstić information content (AvgIpc) is 3.05. The number of hydrogen-bond acceptors (Lipinski definition) is 5. The predicted molar refractivity (Wildman–Crippen MR) is 101 cm³/mol. The van der Waals surface area contributed by atoms with Crippen LogP contribution in [-0.4, -0.2) is 57.1 Å². The zero-order chi connectivity index (χ0) is 19.6. The Labute approximate surface area is 158 Å². The minimum atomic E-state index is -0.519. The summed E-state index contributed by atoms with van der Waals surface area (Å²) in [6.07, 6.45) is 1.87. The first-order valence-electron chi connectivity index (χ1n) is 9.36. The van der Waals surface area contributed by atoms with Crippen LogP contribution in [0.15, 0.2) is 4.79 Å². The van der Waals surface area contributed by atoms with E-state index in [2.05, 4.69) is 22.0 Å². The number of ether oxygens (including phenoxy) is 1. The topological polar surface area (TPSA) is 92.6 Å². The molecule has 8 nitrogen and oxygen atoms in total. The number of aromatic nitrogens is 4. The number of fused-ring (bicyclic) bond motifs is 3. The molecule has 1 aliphatic heterocycles. The van der Waals surface area contributed by atoms with E-state index in [0.717, 1.165) is 17.7 Å². The Hall–Kier alpha value is -2.32. The number of carbonyl (C=O) groups excluding carboxylic acids is 1. The molecule has 1 N–H and O–H groups in total. The van der Waals surface area contributed by atoms with Crippen molar-refractivity contribution in [3.05, 3.63) is 21.6 Å². The van der Waals surface area contributed by atoms with Gasteiger partial charge >= 0.3 is 6.09 Å². The zero-order valence-electron chi connectivity index (χ0n) is 16.2. The van der Waals surface area contributed by atoms with Crippen molar-refractivity contribution in [2.45, 2.75) is 58.0 Å². The lowest BCUT2D eigenvalue weighted by atomic mass is 9.69. The van der Waals surface area contributed by atoms with Crippen LogP contribution in [0.3, 0.4) is 0 Å². The van der Waals surface area contributed by atoms with E-state index in [9.17, 15) is 9.59 Å². The number of piperidine rings is 1.